The van der Waals surface area contributed by atoms with Crippen LogP contribution in [0.25, 0.3) is 5.52 Å². The van der Waals surface area contributed by atoms with Gasteiger partial charge in [-0.2, -0.15) is 0 Å². The molecule has 2 heterocycles. The van der Waals surface area contributed by atoms with E-state index in [0.29, 0.717) is 11.1 Å². The zero-order valence-electron chi connectivity index (χ0n) is 14.5. The highest BCUT2D eigenvalue weighted by atomic mass is 16.5. The number of anilines is 1. The summed E-state index contributed by atoms with van der Waals surface area (Å²) in [6, 6.07) is 13.9. The second-order valence-corrected chi connectivity index (χ2v) is 5.65. The molecule has 0 aliphatic rings. The number of esters is 1. The molecule has 0 aliphatic heterocycles. The maximum Gasteiger partial charge on any atom is 0.342 e. The molecule has 6 nitrogen and oxygen atoms in total. The second-order valence-electron chi connectivity index (χ2n) is 5.65. The lowest BCUT2D eigenvalue weighted by atomic mass is 10.1. The van der Waals surface area contributed by atoms with Gasteiger partial charge in [-0.1, -0.05) is 36.4 Å². The lowest BCUT2D eigenvalue weighted by Gasteiger charge is -2.08. The molecular weight excluding hydrogens is 332 g/mol. The summed E-state index contributed by atoms with van der Waals surface area (Å²) in [6.45, 7) is 3.21. The molecule has 0 atom stereocenters. The highest BCUT2D eigenvalue weighted by Crippen LogP contribution is 2.31. The Morgan fingerprint density at radius 3 is 2.38 bits per heavy atom. The van der Waals surface area contributed by atoms with E-state index in [-0.39, 0.29) is 35.2 Å². The molecule has 0 aliphatic carbocycles. The van der Waals surface area contributed by atoms with Crippen LogP contribution in [-0.4, -0.2) is 28.7 Å². The van der Waals surface area contributed by atoms with Gasteiger partial charge in [-0.25, -0.2) is 4.79 Å². The van der Waals surface area contributed by atoms with Gasteiger partial charge in [0.2, 0.25) is 11.7 Å². The van der Waals surface area contributed by atoms with E-state index >= 15 is 0 Å². The first-order valence-corrected chi connectivity index (χ1v) is 8.22. The molecule has 0 saturated carbocycles. The van der Waals surface area contributed by atoms with E-state index in [1.807, 2.05) is 6.07 Å². The van der Waals surface area contributed by atoms with Gasteiger partial charge < -0.3 is 14.5 Å². The number of aromatic nitrogens is 1. The van der Waals surface area contributed by atoms with Crippen molar-refractivity contribution in [1.82, 2.24) is 4.40 Å². The summed E-state index contributed by atoms with van der Waals surface area (Å²) in [4.78, 5) is 37.4. The second kappa shape index (κ2) is 7.23. The Morgan fingerprint density at radius 1 is 1.04 bits per heavy atom. The summed E-state index contributed by atoms with van der Waals surface area (Å²) in [6.07, 6.45) is 1.68. The first-order chi connectivity index (χ1) is 12.5. The number of hydrogen-bond donors (Lipinski definition) is 1. The van der Waals surface area contributed by atoms with Crippen LogP contribution in [0.5, 0.6) is 0 Å². The molecule has 0 unspecified atom stereocenters. The maximum atomic E-state index is 13.1. The lowest BCUT2D eigenvalue weighted by molar-refractivity contribution is -0.114. The van der Waals surface area contributed by atoms with Gasteiger partial charge in [0.1, 0.15) is 11.3 Å². The Hall–Kier alpha value is -3.41. The van der Waals surface area contributed by atoms with Crippen LogP contribution in [0, 0.1) is 0 Å². The summed E-state index contributed by atoms with van der Waals surface area (Å²) in [7, 11) is 0. The number of nitrogens with zero attached hydrogens (tertiary/aromatic N) is 1. The number of ether oxygens (including phenoxy) is 1. The Balaban J connectivity index is 2.32. The number of carbonyl (C=O) groups is 3. The van der Waals surface area contributed by atoms with Crippen LogP contribution in [0.4, 0.5) is 5.69 Å². The van der Waals surface area contributed by atoms with Crippen molar-refractivity contribution in [2.75, 3.05) is 11.9 Å². The molecule has 0 bridgehead atoms. The van der Waals surface area contributed by atoms with E-state index < -0.39 is 5.97 Å². The summed E-state index contributed by atoms with van der Waals surface area (Å²) in [5.41, 5.74) is 1.50. The van der Waals surface area contributed by atoms with Crippen LogP contribution >= 0.6 is 0 Å². The SMILES string of the molecule is CCOC(=O)c1c(NC(C)=O)c(C(=O)c2ccccc2)n2ccccc12. The predicted molar refractivity (Wildman–Crippen MR) is 97.5 cm³/mol. The largest absolute Gasteiger partial charge is 0.462 e. The number of carbonyl (C=O) groups excluding carboxylic acids is 3. The number of ketones is 1. The van der Waals surface area contributed by atoms with Gasteiger partial charge in [0.15, 0.2) is 0 Å². The van der Waals surface area contributed by atoms with Crippen molar-refractivity contribution in [2.24, 2.45) is 0 Å². The number of hydrogen-bond acceptors (Lipinski definition) is 4. The Labute approximate surface area is 150 Å². The number of pyridine rings is 1. The molecule has 6 heteroatoms. The fourth-order valence-electron chi connectivity index (χ4n) is 2.87. The summed E-state index contributed by atoms with van der Waals surface area (Å²) >= 11 is 0. The molecule has 132 valence electrons. The molecule has 0 radical (unpaired) electrons. The van der Waals surface area contributed by atoms with Crippen molar-refractivity contribution in [1.29, 1.82) is 0 Å². The van der Waals surface area contributed by atoms with E-state index in [1.54, 1.807) is 60.0 Å². The quantitative estimate of drug-likeness (QED) is 0.566. The average molecular weight is 350 g/mol. The lowest BCUT2D eigenvalue weighted by Crippen LogP contribution is -2.15. The minimum absolute atomic E-state index is 0.163. The molecule has 3 rings (SSSR count). The number of rotatable bonds is 5. The van der Waals surface area contributed by atoms with Crippen molar-refractivity contribution in [3.8, 4) is 0 Å². The van der Waals surface area contributed by atoms with Crippen LogP contribution in [0.3, 0.4) is 0 Å². The number of nitrogens with one attached hydrogen (secondary N) is 1. The molecule has 26 heavy (non-hydrogen) atoms. The van der Waals surface area contributed by atoms with Gasteiger partial charge in [0.05, 0.1) is 17.8 Å². The minimum Gasteiger partial charge on any atom is -0.462 e. The molecule has 0 spiro atoms. The third kappa shape index (κ3) is 3.09. The zero-order valence-corrected chi connectivity index (χ0v) is 14.5. The summed E-state index contributed by atoms with van der Waals surface area (Å²) in [5.74, 6) is -1.27. The number of fused-ring (bicyclic) bond motifs is 1. The standard InChI is InChI=1S/C20H18N2O4/c1-3-26-20(25)16-15-11-7-8-12-22(15)18(17(16)21-13(2)23)19(24)14-9-5-4-6-10-14/h4-12H,3H2,1-2H3,(H,21,23). The average Bonchev–Trinajstić information content (AvgIpc) is 2.95. The third-order valence-electron chi connectivity index (χ3n) is 3.88. The predicted octanol–water partition coefficient (Wildman–Crippen LogP) is 3.31. The van der Waals surface area contributed by atoms with Crippen LogP contribution in [0.1, 0.15) is 40.3 Å². The van der Waals surface area contributed by atoms with E-state index in [4.69, 9.17) is 4.74 Å². The van der Waals surface area contributed by atoms with Gasteiger partial charge in [-0.15, -0.1) is 0 Å². The fourth-order valence-corrected chi connectivity index (χ4v) is 2.87. The Morgan fingerprint density at radius 2 is 1.73 bits per heavy atom. The van der Waals surface area contributed by atoms with E-state index in [1.165, 1.54) is 6.92 Å². The van der Waals surface area contributed by atoms with E-state index in [0.717, 1.165) is 0 Å². The third-order valence-corrected chi connectivity index (χ3v) is 3.88. The smallest absolute Gasteiger partial charge is 0.342 e. The highest BCUT2D eigenvalue weighted by molar-refractivity contribution is 6.19. The molecular formula is C20H18N2O4. The highest BCUT2D eigenvalue weighted by Gasteiger charge is 2.29. The monoisotopic (exact) mass is 350 g/mol. The maximum absolute atomic E-state index is 13.1. The first-order valence-electron chi connectivity index (χ1n) is 8.22. The normalized spacial score (nSPS) is 10.5. The molecule has 0 fully saturated rings. The van der Waals surface area contributed by atoms with Crippen molar-refractivity contribution in [3.05, 3.63) is 71.5 Å². The van der Waals surface area contributed by atoms with Gasteiger partial charge in [0.25, 0.3) is 0 Å². The van der Waals surface area contributed by atoms with Crippen LogP contribution < -0.4 is 5.32 Å². The van der Waals surface area contributed by atoms with Crippen molar-refractivity contribution in [3.63, 3.8) is 0 Å². The van der Waals surface area contributed by atoms with E-state index in [9.17, 15) is 14.4 Å². The fraction of sp³-hybridized carbons (Fsp3) is 0.150. The molecule has 1 amide bonds. The zero-order chi connectivity index (χ0) is 18.7. The number of amides is 1. The van der Waals surface area contributed by atoms with Gasteiger partial charge >= 0.3 is 5.97 Å². The van der Waals surface area contributed by atoms with Gasteiger partial charge in [-0.3, -0.25) is 9.59 Å². The molecule has 3 aromatic rings. The Bertz CT molecular complexity index is 990. The topological polar surface area (TPSA) is 76.9 Å². The van der Waals surface area contributed by atoms with Crippen LogP contribution in [0.2, 0.25) is 0 Å². The molecule has 0 saturated heterocycles. The van der Waals surface area contributed by atoms with Crippen molar-refractivity contribution >= 4 is 28.9 Å². The van der Waals surface area contributed by atoms with Crippen molar-refractivity contribution < 1.29 is 19.1 Å². The first kappa shape index (κ1) is 17.4. The van der Waals surface area contributed by atoms with Crippen molar-refractivity contribution in [2.45, 2.75) is 13.8 Å². The Kier molecular flexibility index (Phi) is 4.84. The van der Waals surface area contributed by atoms with E-state index in [2.05, 4.69) is 5.32 Å². The molecule has 2 aromatic heterocycles. The molecule has 1 aromatic carbocycles. The summed E-state index contributed by atoms with van der Waals surface area (Å²) < 4.78 is 6.75. The number of benzene rings is 1. The summed E-state index contributed by atoms with van der Waals surface area (Å²) in [5, 5.41) is 2.64. The van der Waals surface area contributed by atoms with Crippen LogP contribution in [-0.2, 0) is 9.53 Å². The minimum atomic E-state index is -0.591. The van der Waals surface area contributed by atoms with Crippen LogP contribution in [0.15, 0.2) is 54.7 Å². The molecule has 1 N–H and O–H groups in total. The van der Waals surface area contributed by atoms with Gasteiger partial charge in [-0.05, 0) is 19.1 Å². The van der Waals surface area contributed by atoms with Gasteiger partial charge in [0, 0.05) is 18.7 Å².